The first-order chi connectivity index (χ1) is 8.33. The lowest BCUT2D eigenvalue weighted by Gasteiger charge is -2.19. The summed E-state index contributed by atoms with van der Waals surface area (Å²) in [5, 5.41) is 0.734. The van der Waals surface area contributed by atoms with E-state index in [1.165, 1.54) is 30.0 Å². The predicted octanol–water partition coefficient (Wildman–Crippen LogP) is 3.67. The number of thioether (sulfide) groups is 1. The Morgan fingerprint density at radius 2 is 2.24 bits per heavy atom. The number of rotatable bonds is 2. The number of hydrogen-bond acceptors (Lipinski definition) is 2. The summed E-state index contributed by atoms with van der Waals surface area (Å²) in [5.74, 6) is 3.41. The Balaban J connectivity index is 1.83. The number of pyridine rings is 1. The highest BCUT2D eigenvalue weighted by molar-refractivity contribution is 7.99. The van der Waals surface area contributed by atoms with Crippen molar-refractivity contribution < 1.29 is 0 Å². The van der Waals surface area contributed by atoms with E-state index in [1.807, 2.05) is 22.7 Å². The first-order valence-electron chi connectivity index (χ1n) is 6.03. The van der Waals surface area contributed by atoms with Crippen LogP contribution in [0, 0.1) is 5.92 Å². The van der Waals surface area contributed by atoms with Crippen LogP contribution in [0.2, 0.25) is 5.02 Å². The summed E-state index contributed by atoms with van der Waals surface area (Å²) in [6, 6.07) is 3.85. The first kappa shape index (κ1) is 11.4. The van der Waals surface area contributed by atoms with Gasteiger partial charge in [0, 0.05) is 12.4 Å². The fourth-order valence-corrected chi connectivity index (χ4v) is 3.79. The van der Waals surface area contributed by atoms with Gasteiger partial charge in [-0.15, -0.1) is 0 Å². The molecule has 90 valence electrons. The molecule has 0 N–H and O–H groups in total. The van der Waals surface area contributed by atoms with Gasteiger partial charge in [-0.1, -0.05) is 11.6 Å². The van der Waals surface area contributed by atoms with E-state index in [-0.39, 0.29) is 0 Å². The average Bonchev–Trinajstić information content (AvgIpc) is 2.74. The van der Waals surface area contributed by atoms with Gasteiger partial charge in [0.2, 0.25) is 0 Å². The second-order valence-corrected chi connectivity index (χ2v) is 6.21. The van der Waals surface area contributed by atoms with Crippen LogP contribution in [0.5, 0.6) is 0 Å². The molecule has 2 nitrogen and oxygen atoms in total. The van der Waals surface area contributed by atoms with E-state index in [1.54, 1.807) is 0 Å². The monoisotopic (exact) mass is 266 g/mol. The summed E-state index contributed by atoms with van der Waals surface area (Å²) in [6.45, 7) is 0. The summed E-state index contributed by atoms with van der Waals surface area (Å²) in [4.78, 5) is 4.63. The standard InChI is InChI=1S/C13H15ClN2S/c14-12-2-1-5-16-9-11(15-13(12)16)8-10-3-6-17-7-4-10/h1-2,5,9-10H,3-4,6-8H2. The highest BCUT2D eigenvalue weighted by Gasteiger charge is 2.16. The molecule has 1 fully saturated rings. The first-order valence-corrected chi connectivity index (χ1v) is 7.56. The van der Waals surface area contributed by atoms with Gasteiger partial charge in [-0.25, -0.2) is 4.98 Å². The molecule has 1 aliphatic rings. The van der Waals surface area contributed by atoms with Gasteiger partial charge < -0.3 is 4.40 Å². The van der Waals surface area contributed by atoms with Crippen LogP contribution < -0.4 is 0 Å². The lowest BCUT2D eigenvalue weighted by atomic mass is 9.97. The Bertz CT molecular complexity index is 517. The van der Waals surface area contributed by atoms with E-state index < -0.39 is 0 Å². The topological polar surface area (TPSA) is 17.3 Å². The van der Waals surface area contributed by atoms with Gasteiger partial charge in [0.05, 0.1) is 10.7 Å². The Kier molecular flexibility index (Phi) is 3.30. The molecule has 2 aromatic rings. The lowest BCUT2D eigenvalue weighted by Crippen LogP contribution is -2.12. The third-order valence-electron chi connectivity index (χ3n) is 3.32. The van der Waals surface area contributed by atoms with Gasteiger partial charge in [0.15, 0.2) is 5.65 Å². The van der Waals surface area contributed by atoms with Crippen LogP contribution in [0.4, 0.5) is 0 Å². The number of nitrogens with zero attached hydrogens (tertiary/aromatic N) is 2. The molecule has 0 aromatic carbocycles. The number of aromatic nitrogens is 2. The van der Waals surface area contributed by atoms with Crippen molar-refractivity contribution in [3.05, 3.63) is 35.2 Å². The van der Waals surface area contributed by atoms with E-state index in [9.17, 15) is 0 Å². The maximum atomic E-state index is 6.13. The number of imidazole rings is 1. The Morgan fingerprint density at radius 3 is 3.00 bits per heavy atom. The van der Waals surface area contributed by atoms with E-state index in [0.29, 0.717) is 0 Å². The molecule has 0 unspecified atom stereocenters. The second-order valence-electron chi connectivity index (χ2n) is 4.58. The van der Waals surface area contributed by atoms with Gasteiger partial charge in [-0.05, 0) is 48.8 Å². The molecule has 0 amide bonds. The SMILES string of the molecule is Clc1cccn2cc(CC3CCSCC3)nc12. The number of hydrogen-bond donors (Lipinski definition) is 0. The molecule has 0 radical (unpaired) electrons. The molecule has 0 aliphatic carbocycles. The third kappa shape index (κ3) is 2.45. The molecule has 17 heavy (non-hydrogen) atoms. The summed E-state index contributed by atoms with van der Waals surface area (Å²) in [6.07, 6.45) is 7.87. The highest BCUT2D eigenvalue weighted by Crippen LogP contribution is 2.26. The van der Waals surface area contributed by atoms with Gasteiger partial charge in [0.25, 0.3) is 0 Å². The van der Waals surface area contributed by atoms with Crippen molar-refractivity contribution in [2.45, 2.75) is 19.3 Å². The summed E-state index contributed by atoms with van der Waals surface area (Å²) in [5.41, 5.74) is 2.06. The Morgan fingerprint density at radius 1 is 1.41 bits per heavy atom. The molecule has 1 saturated heterocycles. The minimum atomic E-state index is 0.734. The van der Waals surface area contributed by atoms with E-state index in [2.05, 4.69) is 22.9 Å². The lowest BCUT2D eigenvalue weighted by molar-refractivity contribution is 0.483. The fraction of sp³-hybridized carbons (Fsp3) is 0.462. The largest absolute Gasteiger partial charge is 0.306 e. The average molecular weight is 267 g/mol. The smallest absolute Gasteiger partial charge is 0.155 e. The van der Waals surface area contributed by atoms with Crippen LogP contribution in [0.15, 0.2) is 24.5 Å². The molecule has 0 bridgehead atoms. The van der Waals surface area contributed by atoms with Crippen molar-refractivity contribution in [3.8, 4) is 0 Å². The van der Waals surface area contributed by atoms with Crippen LogP contribution >= 0.6 is 23.4 Å². The predicted molar refractivity (Wildman–Crippen MR) is 74.0 cm³/mol. The minimum absolute atomic E-state index is 0.734. The van der Waals surface area contributed by atoms with Gasteiger partial charge in [0.1, 0.15) is 0 Å². The van der Waals surface area contributed by atoms with Crippen LogP contribution in [0.3, 0.4) is 0 Å². The summed E-state index contributed by atoms with van der Waals surface area (Å²) < 4.78 is 2.02. The maximum absolute atomic E-state index is 6.13. The normalized spacial score (nSPS) is 17.7. The van der Waals surface area contributed by atoms with Crippen molar-refractivity contribution in [1.29, 1.82) is 0 Å². The van der Waals surface area contributed by atoms with E-state index in [0.717, 1.165) is 23.0 Å². The van der Waals surface area contributed by atoms with Crippen molar-refractivity contribution >= 4 is 29.0 Å². The molecule has 1 aliphatic heterocycles. The van der Waals surface area contributed by atoms with Crippen molar-refractivity contribution in [2.24, 2.45) is 5.92 Å². The van der Waals surface area contributed by atoms with Crippen molar-refractivity contribution in [1.82, 2.24) is 9.38 Å². The van der Waals surface area contributed by atoms with Crippen molar-refractivity contribution in [2.75, 3.05) is 11.5 Å². The van der Waals surface area contributed by atoms with Crippen LogP contribution in [0.1, 0.15) is 18.5 Å². The zero-order chi connectivity index (χ0) is 11.7. The molecule has 0 atom stereocenters. The van der Waals surface area contributed by atoms with Crippen molar-refractivity contribution in [3.63, 3.8) is 0 Å². The molecule has 0 spiro atoms. The molecule has 3 rings (SSSR count). The molecule has 3 heterocycles. The van der Waals surface area contributed by atoms with Crippen LogP contribution in [0.25, 0.3) is 5.65 Å². The third-order valence-corrected chi connectivity index (χ3v) is 4.67. The molecular weight excluding hydrogens is 252 g/mol. The highest BCUT2D eigenvalue weighted by atomic mass is 35.5. The Labute approximate surface area is 110 Å². The minimum Gasteiger partial charge on any atom is -0.306 e. The summed E-state index contributed by atoms with van der Waals surface area (Å²) >= 11 is 8.20. The molecule has 2 aromatic heterocycles. The zero-order valence-corrected chi connectivity index (χ0v) is 11.2. The second kappa shape index (κ2) is 4.91. The van der Waals surface area contributed by atoms with E-state index >= 15 is 0 Å². The van der Waals surface area contributed by atoms with Gasteiger partial charge >= 0.3 is 0 Å². The number of fused-ring (bicyclic) bond motifs is 1. The molecule has 0 saturated carbocycles. The maximum Gasteiger partial charge on any atom is 0.155 e. The zero-order valence-electron chi connectivity index (χ0n) is 9.60. The quantitative estimate of drug-likeness (QED) is 0.825. The van der Waals surface area contributed by atoms with E-state index in [4.69, 9.17) is 11.6 Å². The van der Waals surface area contributed by atoms with Crippen LogP contribution in [-0.2, 0) is 6.42 Å². The Hall–Kier alpha value is -0.670. The van der Waals surface area contributed by atoms with Gasteiger partial charge in [-0.2, -0.15) is 11.8 Å². The summed E-state index contributed by atoms with van der Waals surface area (Å²) in [7, 11) is 0. The fourth-order valence-electron chi connectivity index (χ4n) is 2.37. The molecular formula is C13H15ClN2S. The number of halogens is 1. The van der Waals surface area contributed by atoms with Crippen LogP contribution in [-0.4, -0.2) is 20.9 Å². The van der Waals surface area contributed by atoms with Gasteiger partial charge in [-0.3, -0.25) is 0 Å². The molecule has 4 heteroatoms.